The van der Waals surface area contributed by atoms with E-state index in [4.69, 9.17) is 0 Å². The van der Waals surface area contributed by atoms with Crippen LogP contribution in [-0.4, -0.2) is 12.1 Å². The van der Waals surface area contributed by atoms with Crippen LogP contribution in [0.25, 0.3) is 0 Å². The smallest absolute Gasteiger partial charge is 0.0322 e. The molecule has 0 spiro atoms. The Morgan fingerprint density at radius 3 is 2.23 bits per heavy atom. The van der Waals surface area contributed by atoms with Gasteiger partial charge in [0.2, 0.25) is 0 Å². The molecule has 6 aliphatic carbocycles. The van der Waals surface area contributed by atoms with E-state index in [1.165, 1.54) is 89.9 Å². The van der Waals surface area contributed by atoms with Gasteiger partial charge in [-0.1, -0.05) is 114 Å². The molecule has 240 valence electrons. The quantitative estimate of drug-likeness (QED) is 0.321. The number of rotatable bonds is 3. The van der Waals surface area contributed by atoms with Crippen LogP contribution in [0, 0.1) is 52.3 Å². The van der Waals surface area contributed by atoms with Crippen molar-refractivity contribution in [3.05, 3.63) is 70.4 Å². The second kappa shape index (κ2) is 12.2. The van der Waals surface area contributed by atoms with Crippen molar-refractivity contribution < 1.29 is 0 Å². The van der Waals surface area contributed by atoms with E-state index >= 15 is 0 Å². The first-order valence-electron chi connectivity index (χ1n) is 19.0. The van der Waals surface area contributed by atoms with E-state index < -0.39 is 0 Å². The second-order valence-electron chi connectivity index (χ2n) is 18.2. The summed E-state index contributed by atoms with van der Waals surface area (Å²) in [7, 11) is 0. The van der Waals surface area contributed by atoms with Gasteiger partial charge in [0.1, 0.15) is 0 Å². The molecule has 1 nitrogen and oxygen atoms in total. The highest BCUT2D eigenvalue weighted by molar-refractivity contribution is 5.40. The summed E-state index contributed by atoms with van der Waals surface area (Å²) in [6.07, 6.45) is 37.1. The van der Waals surface area contributed by atoms with E-state index in [2.05, 4.69) is 89.4 Å². The predicted molar refractivity (Wildman–Crippen MR) is 188 cm³/mol. The van der Waals surface area contributed by atoms with Gasteiger partial charge in [0.05, 0.1) is 0 Å². The van der Waals surface area contributed by atoms with Crippen molar-refractivity contribution in [2.45, 2.75) is 144 Å². The Labute approximate surface area is 270 Å². The number of hydrogen-bond acceptors (Lipinski definition) is 1. The zero-order chi connectivity index (χ0) is 30.6. The van der Waals surface area contributed by atoms with Crippen molar-refractivity contribution in [2.24, 2.45) is 52.3 Å². The van der Waals surface area contributed by atoms with Gasteiger partial charge in [-0.25, -0.2) is 0 Å². The normalized spacial score (nSPS) is 39.5. The fraction of sp³-hybridized carbons (Fsp3) is 0.721. The van der Waals surface area contributed by atoms with Crippen LogP contribution in [0.4, 0.5) is 0 Å². The third-order valence-electron chi connectivity index (χ3n) is 13.7. The number of nitrogens with one attached hydrogen (secondary N) is 1. The molecule has 0 bridgehead atoms. The largest absolute Gasteiger partial charge is 0.306 e. The van der Waals surface area contributed by atoms with Crippen molar-refractivity contribution >= 4 is 0 Å². The van der Waals surface area contributed by atoms with Crippen molar-refractivity contribution in [2.75, 3.05) is 0 Å². The van der Waals surface area contributed by atoms with E-state index in [1.807, 2.05) is 5.57 Å². The molecule has 1 heterocycles. The Kier molecular flexibility index (Phi) is 8.61. The molecule has 2 fully saturated rings. The average molecular weight is 594 g/mol. The van der Waals surface area contributed by atoms with Crippen molar-refractivity contribution in [3.8, 4) is 0 Å². The second-order valence-corrected chi connectivity index (χ2v) is 18.2. The lowest BCUT2D eigenvalue weighted by Gasteiger charge is -2.45. The van der Waals surface area contributed by atoms with E-state index in [0.29, 0.717) is 29.3 Å². The molecule has 7 rings (SSSR count). The standard InChI is InChI=1S/C43H63N/c1-42(2,3)32-22-20-30-21-24-38-39(41(43(4,5)6)44-40(38)35(30)25-23-32)31-18-16-29(17-19-31)34-27-26-33(28-12-8-7-9-13-28)36-14-10-11-15-37(34)36/h7-8,16,18,20,22,26,28,32,34,36-41,44H,9-15,17,19,21,23-25,27H2,1-6H3/t28?,32?,34?,36?,37?,38?,39?,40?,41-/m1/s1. The molecule has 1 heteroatoms. The molecule has 1 N–H and O–H groups in total. The van der Waals surface area contributed by atoms with E-state index in [1.54, 1.807) is 22.3 Å². The minimum absolute atomic E-state index is 0.260. The van der Waals surface area contributed by atoms with Gasteiger partial charge in [-0.2, -0.15) is 0 Å². The molecular formula is C43H63N. The third-order valence-corrected chi connectivity index (χ3v) is 13.7. The molecule has 0 radical (unpaired) electrons. The summed E-state index contributed by atoms with van der Waals surface area (Å²) < 4.78 is 0. The third kappa shape index (κ3) is 5.87. The van der Waals surface area contributed by atoms with Gasteiger partial charge in [0, 0.05) is 18.0 Å². The summed E-state index contributed by atoms with van der Waals surface area (Å²) in [4.78, 5) is 0. The van der Waals surface area contributed by atoms with Crippen molar-refractivity contribution in [1.29, 1.82) is 0 Å². The first-order chi connectivity index (χ1) is 21.1. The lowest BCUT2D eigenvalue weighted by Crippen LogP contribution is -2.43. The summed E-state index contributed by atoms with van der Waals surface area (Å²) in [6.45, 7) is 14.8. The topological polar surface area (TPSA) is 12.0 Å². The maximum absolute atomic E-state index is 4.34. The maximum Gasteiger partial charge on any atom is 0.0322 e. The number of hydrogen-bond donors (Lipinski definition) is 1. The van der Waals surface area contributed by atoms with Gasteiger partial charge >= 0.3 is 0 Å². The van der Waals surface area contributed by atoms with Gasteiger partial charge in [-0.05, 0) is 135 Å². The van der Waals surface area contributed by atoms with Crippen LogP contribution in [-0.2, 0) is 0 Å². The predicted octanol–water partition coefficient (Wildman–Crippen LogP) is 11.5. The minimum atomic E-state index is 0.260. The minimum Gasteiger partial charge on any atom is -0.306 e. The summed E-state index contributed by atoms with van der Waals surface area (Å²) in [6, 6.07) is 1.13. The molecule has 0 aromatic heterocycles. The molecular weight excluding hydrogens is 530 g/mol. The van der Waals surface area contributed by atoms with Crippen molar-refractivity contribution in [3.63, 3.8) is 0 Å². The summed E-state index contributed by atoms with van der Waals surface area (Å²) in [5, 5.41) is 4.34. The molecule has 0 aromatic rings. The molecule has 9 atom stereocenters. The average Bonchev–Trinajstić information content (AvgIpc) is 3.27. The lowest BCUT2D eigenvalue weighted by molar-refractivity contribution is 0.177. The van der Waals surface area contributed by atoms with Gasteiger partial charge in [0.15, 0.2) is 0 Å². The highest BCUT2D eigenvalue weighted by Crippen LogP contribution is 2.54. The van der Waals surface area contributed by atoms with Crippen LogP contribution in [0.1, 0.15) is 131 Å². The number of allylic oxidation sites excluding steroid dienone is 10. The van der Waals surface area contributed by atoms with E-state index in [0.717, 1.165) is 29.6 Å². The molecule has 0 amide bonds. The fourth-order valence-corrected chi connectivity index (χ4v) is 11.3. The van der Waals surface area contributed by atoms with Gasteiger partial charge in [0.25, 0.3) is 0 Å². The Hall–Kier alpha value is -1.60. The van der Waals surface area contributed by atoms with Crippen LogP contribution in [0.15, 0.2) is 70.4 Å². The van der Waals surface area contributed by atoms with Crippen LogP contribution in [0.3, 0.4) is 0 Å². The highest BCUT2D eigenvalue weighted by atomic mass is 15.0. The molecule has 1 saturated carbocycles. The Bertz CT molecular complexity index is 1270. The highest BCUT2D eigenvalue weighted by Gasteiger charge is 2.51. The molecule has 0 aromatic carbocycles. The van der Waals surface area contributed by atoms with Crippen LogP contribution in [0.2, 0.25) is 0 Å². The van der Waals surface area contributed by atoms with E-state index in [9.17, 15) is 0 Å². The SMILES string of the molecule is CC(C)(C)C1C=CC2=C(CC1)C1N[C@@H](C(C)(C)C)C(C3=CC=C(C4CC=C(C5CC=CCC5)C5CCCCC45)CC3)C1CC2. The van der Waals surface area contributed by atoms with Gasteiger partial charge in [-0.3, -0.25) is 0 Å². The zero-order valence-electron chi connectivity index (χ0n) is 29.1. The summed E-state index contributed by atoms with van der Waals surface area (Å²) >= 11 is 0. The maximum atomic E-state index is 4.34. The lowest BCUT2D eigenvalue weighted by atomic mass is 9.59. The van der Waals surface area contributed by atoms with Gasteiger partial charge < -0.3 is 5.32 Å². The first kappa shape index (κ1) is 31.0. The Morgan fingerprint density at radius 2 is 1.50 bits per heavy atom. The van der Waals surface area contributed by atoms with Crippen LogP contribution >= 0.6 is 0 Å². The van der Waals surface area contributed by atoms with E-state index in [-0.39, 0.29) is 5.41 Å². The molecule has 7 aliphatic rings. The fourth-order valence-electron chi connectivity index (χ4n) is 11.3. The number of fused-ring (bicyclic) bond motifs is 3. The summed E-state index contributed by atoms with van der Waals surface area (Å²) in [5.74, 6) is 5.52. The summed E-state index contributed by atoms with van der Waals surface area (Å²) in [5.41, 5.74) is 9.51. The molecule has 44 heavy (non-hydrogen) atoms. The molecule has 8 unspecified atom stereocenters. The van der Waals surface area contributed by atoms with Crippen LogP contribution in [0.5, 0.6) is 0 Å². The van der Waals surface area contributed by atoms with Crippen molar-refractivity contribution in [1.82, 2.24) is 5.32 Å². The molecule has 1 aliphatic heterocycles. The molecule has 1 saturated heterocycles. The van der Waals surface area contributed by atoms with Gasteiger partial charge in [-0.15, -0.1) is 0 Å². The van der Waals surface area contributed by atoms with Crippen LogP contribution < -0.4 is 5.32 Å². The Balaban J connectivity index is 1.13. The zero-order valence-corrected chi connectivity index (χ0v) is 29.1. The first-order valence-corrected chi connectivity index (χ1v) is 19.0. The monoisotopic (exact) mass is 593 g/mol. The Morgan fingerprint density at radius 1 is 0.705 bits per heavy atom.